The third kappa shape index (κ3) is 7.44. The number of quaternary nitrogens is 1. The molecule has 118 valence electrons. The fourth-order valence-electron chi connectivity index (χ4n) is 3.14. The summed E-state index contributed by atoms with van der Waals surface area (Å²) in [5.41, 5.74) is 0. The molecule has 20 heavy (non-hydrogen) atoms. The molecule has 1 rings (SSSR count). The Balaban J connectivity index is 2.36. The SMILES string of the molecule is CCCCCCC/C=C/[N+](CCC)(CCC)CC1CO1. The number of ether oxygens (including phenoxy) is 1. The number of rotatable bonds is 13. The summed E-state index contributed by atoms with van der Waals surface area (Å²) in [6, 6.07) is 0. The molecule has 0 aromatic rings. The smallest absolute Gasteiger partial charge is 0.130 e. The Hall–Kier alpha value is -0.340. The Bertz CT molecular complexity index is 252. The molecule has 2 heteroatoms. The molecule has 1 atom stereocenters. The lowest BCUT2D eigenvalue weighted by atomic mass is 10.1. The fourth-order valence-corrected chi connectivity index (χ4v) is 3.14. The zero-order valence-electron chi connectivity index (χ0n) is 14.1. The van der Waals surface area contributed by atoms with E-state index >= 15 is 0 Å². The summed E-state index contributed by atoms with van der Waals surface area (Å²) >= 11 is 0. The fraction of sp³-hybridized carbons (Fsp3) is 0.889. The maximum absolute atomic E-state index is 5.48. The third-order valence-electron chi connectivity index (χ3n) is 4.20. The van der Waals surface area contributed by atoms with Gasteiger partial charge >= 0.3 is 0 Å². The van der Waals surface area contributed by atoms with Crippen LogP contribution >= 0.6 is 0 Å². The molecular formula is C18H36NO+. The minimum Gasteiger partial charge on any atom is -0.367 e. The molecule has 0 N–H and O–H groups in total. The van der Waals surface area contributed by atoms with E-state index < -0.39 is 0 Å². The van der Waals surface area contributed by atoms with Crippen molar-refractivity contribution in [2.45, 2.75) is 78.2 Å². The van der Waals surface area contributed by atoms with Crippen LogP contribution in [0.1, 0.15) is 72.1 Å². The largest absolute Gasteiger partial charge is 0.367 e. The maximum atomic E-state index is 5.48. The second-order valence-corrected chi connectivity index (χ2v) is 6.39. The van der Waals surface area contributed by atoms with Gasteiger partial charge in [-0.25, -0.2) is 0 Å². The zero-order chi connectivity index (χ0) is 14.7. The molecule has 1 unspecified atom stereocenters. The van der Waals surface area contributed by atoms with Crippen molar-refractivity contribution in [2.75, 3.05) is 26.2 Å². The second kappa shape index (κ2) is 10.4. The summed E-state index contributed by atoms with van der Waals surface area (Å²) < 4.78 is 6.62. The highest BCUT2D eigenvalue weighted by molar-refractivity contribution is 4.78. The summed E-state index contributed by atoms with van der Waals surface area (Å²) in [5.74, 6) is 0. The first-order valence-corrected chi connectivity index (χ1v) is 8.91. The number of epoxide rings is 1. The molecule has 0 radical (unpaired) electrons. The van der Waals surface area contributed by atoms with Gasteiger partial charge in [0.2, 0.25) is 0 Å². The Morgan fingerprint density at radius 3 is 2.15 bits per heavy atom. The highest BCUT2D eigenvalue weighted by Gasteiger charge is 2.34. The van der Waals surface area contributed by atoms with E-state index in [0.29, 0.717) is 6.10 Å². The van der Waals surface area contributed by atoms with Crippen LogP contribution in [-0.2, 0) is 4.74 Å². The van der Waals surface area contributed by atoms with E-state index in [1.165, 1.54) is 71.0 Å². The monoisotopic (exact) mass is 282 g/mol. The van der Waals surface area contributed by atoms with Crippen LogP contribution in [0.15, 0.2) is 12.3 Å². The number of nitrogens with zero attached hydrogens (tertiary/aromatic N) is 1. The second-order valence-electron chi connectivity index (χ2n) is 6.39. The van der Waals surface area contributed by atoms with Crippen LogP contribution in [0.4, 0.5) is 0 Å². The maximum Gasteiger partial charge on any atom is 0.130 e. The molecule has 1 aliphatic rings. The van der Waals surface area contributed by atoms with Crippen molar-refractivity contribution in [3.8, 4) is 0 Å². The first-order valence-electron chi connectivity index (χ1n) is 8.91. The highest BCUT2D eigenvalue weighted by atomic mass is 16.6. The number of hydrogen-bond acceptors (Lipinski definition) is 1. The number of allylic oxidation sites excluding steroid dienone is 1. The summed E-state index contributed by atoms with van der Waals surface area (Å²) in [6.45, 7) is 11.6. The van der Waals surface area contributed by atoms with Crippen molar-refractivity contribution in [3.63, 3.8) is 0 Å². The van der Waals surface area contributed by atoms with Gasteiger partial charge in [0, 0.05) is 0 Å². The van der Waals surface area contributed by atoms with E-state index in [4.69, 9.17) is 4.74 Å². The topological polar surface area (TPSA) is 12.5 Å². The molecule has 0 spiro atoms. The molecule has 2 nitrogen and oxygen atoms in total. The molecule has 1 fully saturated rings. The van der Waals surface area contributed by atoms with Crippen molar-refractivity contribution in [2.24, 2.45) is 0 Å². The zero-order valence-corrected chi connectivity index (χ0v) is 14.1. The van der Waals surface area contributed by atoms with Crippen LogP contribution in [0.25, 0.3) is 0 Å². The van der Waals surface area contributed by atoms with Crippen LogP contribution in [-0.4, -0.2) is 36.8 Å². The summed E-state index contributed by atoms with van der Waals surface area (Å²) in [4.78, 5) is 0. The molecule has 1 aliphatic heterocycles. The van der Waals surface area contributed by atoms with E-state index in [0.717, 1.165) is 11.1 Å². The predicted octanol–water partition coefficient (Wildman–Crippen LogP) is 4.90. The Labute approximate surface area is 126 Å². The van der Waals surface area contributed by atoms with Crippen molar-refractivity contribution in [1.82, 2.24) is 0 Å². The Kier molecular flexibility index (Phi) is 9.21. The molecule has 0 amide bonds. The van der Waals surface area contributed by atoms with Gasteiger partial charge in [-0.05, 0) is 31.8 Å². The van der Waals surface area contributed by atoms with E-state index in [1.807, 2.05) is 0 Å². The normalized spacial score (nSPS) is 18.9. The Morgan fingerprint density at radius 2 is 1.60 bits per heavy atom. The minimum atomic E-state index is 0.530. The molecule has 0 aliphatic carbocycles. The van der Waals surface area contributed by atoms with Crippen molar-refractivity contribution in [3.05, 3.63) is 12.3 Å². The number of hydrogen-bond donors (Lipinski definition) is 0. The van der Waals surface area contributed by atoms with Crippen LogP contribution in [0.5, 0.6) is 0 Å². The van der Waals surface area contributed by atoms with Crippen LogP contribution in [0.3, 0.4) is 0 Å². The standard InChI is InChI=1S/C18H36NO/c1-4-7-8-9-10-11-12-15-19(13-5-2,14-6-3)16-18-17-20-18/h12,15,18H,4-11,13-14,16-17H2,1-3H3/q+1/b15-12+. The van der Waals surface area contributed by atoms with Gasteiger partial charge < -0.3 is 4.74 Å². The molecular weight excluding hydrogens is 246 g/mol. The van der Waals surface area contributed by atoms with E-state index in [2.05, 4.69) is 33.0 Å². The molecule has 1 heterocycles. The lowest BCUT2D eigenvalue weighted by Gasteiger charge is -2.34. The van der Waals surface area contributed by atoms with Gasteiger partial charge in [-0.15, -0.1) is 0 Å². The summed E-state index contributed by atoms with van der Waals surface area (Å²) in [7, 11) is 0. The first kappa shape index (κ1) is 17.7. The summed E-state index contributed by atoms with van der Waals surface area (Å²) in [6.07, 6.45) is 16.1. The van der Waals surface area contributed by atoms with Crippen molar-refractivity contribution < 1.29 is 9.22 Å². The van der Waals surface area contributed by atoms with Crippen LogP contribution < -0.4 is 0 Å². The quantitative estimate of drug-likeness (QED) is 0.266. The molecule has 0 aromatic heterocycles. The lowest BCUT2D eigenvalue weighted by Crippen LogP contribution is -2.46. The number of unbranched alkanes of at least 4 members (excludes halogenated alkanes) is 5. The highest BCUT2D eigenvalue weighted by Crippen LogP contribution is 2.20. The van der Waals surface area contributed by atoms with E-state index in [-0.39, 0.29) is 0 Å². The summed E-state index contributed by atoms with van der Waals surface area (Å²) in [5, 5.41) is 0. The van der Waals surface area contributed by atoms with Gasteiger partial charge in [-0.3, -0.25) is 4.48 Å². The van der Waals surface area contributed by atoms with E-state index in [1.54, 1.807) is 0 Å². The van der Waals surface area contributed by atoms with Gasteiger partial charge in [0.25, 0.3) is 0 Å². The van der Waals surface area contributed by atoms with Gasteiger partial charge in [0.15, 0.2) is 0 Å². The first-order chi connectivity index (χ1) is 9.76. The third-order valence-corrected chi connectivity index (χ3v) is 4.20. The van der Waals surface area contributed by atoms with Gasteiger partial charge in [-0.2, -0.15) is 0 Å². The lowest BCUT2D eigenvalue weighted by molar-refractivity contribution is -0.880. The molecule has 0 aromatic carbocycles. The Morgan fingerprint density at radius 1 is 0.950 bits per heavy atom. The van der Waals surface area contributed by atoms with Gasteiger partial charge in [0.1, 0.15) is 12.6 Å². The minimum absolute atomic E-state index is 0.530. The molecule has 0 bridgehead atoms. The van der Waals surface area contributed by atoms with Crippen molar-refractivity contribution in [1.29, 1.82) is 0 Å². The van der Waals surface area contributed by atoms with Crippen LogP contribution in [0.2, 0.25) is 0 Å². The van der Waals surface area contributed by atoms with Gasteiger partial charge in [0.05, 0.1) is 25.9 Å². The average molecular weight is 282 g/mol. The van der Waals surface area contributed by atoms with Crippen LogP contribution in [0, 0.1) is 0 Å². The molecule has 0 saturated carbocycles. The molecule has 1 saturated heterocycles. The van der Waals surface area contributed by atoms with Gasteiger partial charge in [-0.1, -0.05) is 46.5 Å². The van der Waals surface area contributed by atoms with Crippen molar-refractivity contribution >= 4 is 0 Å². The predicted molar refractivity (Wildman–Crippen MR) is 87.7 cm³/mol. The van der Waals surface area contributed by atoms with E-state index in [9.17, 15) is 0 Å². The average Bonchev–Trinajstić information content (AvgIpc) is 3.22.